The Labute approximate surface area is 166 Å². The average Bonchev–Trinajstić information content (AvgIpc) is 3.17. The van der Waals surface area contributed by atoms with Gasteiger partial charge in [-0.1, -0.05) is 17.7 Å². The van der Waals surface area contributed by atoms with Crippen molar-refractivity contribution in [2.45, 2.75) is 45.3 Å². The van der Waals surface area contributed by atoms with Gasteiger partial charge in [0.05, 0.1) is 28.3 Å². The van der Waals surface area contributed by atoms with Crippen molar-refractivity contribution in [1.82, 2.24) is 4.90 Å². The number of anilines is 1. The first-order valence-corrected chi connectivity index (χ1v) is 11.5. The lowest BCUT2D eigenvalue weighted by Gasteiger charge is -2.33. The van der Waals surface area contributed by atoms with Crippen molar-refractivity contribution in [3.8, 4) is 0 Å². The molecule has 0 saturated carbocycles. The largest absolute Gasteiger partial charge is 0.376 e. The van der Waals surface area contributed by atoms with Crippen LogP contribution in [0.4, 0.5) is 5.69 Å². The molecule has 144 valence electrons. The number of hydrogen-bond acceptors (Lipinski definition) is 4. The van der Waals surface area contributed by atoms with Crippen molar-refractivity contribution in [2.24, 2.45) is 0 Å². The standard InChI is InChI=1S/C18H25ClN2O3S2/c1-12-8-13(2)17(16(19)9-12)20-18(25)21(10-15-4-3-6-24-15)14-5-7-26(22,23)11-14/h8-9,14-15H,3-7,10-11H2,1-2H3,(H,20,25)/t14-,15-/m1/s1. The van der Waals surface area contributed by atoms with Crippen LogP contribution in [0.15, 0.2) is 12.1 Å². The highest BCUT2D eigenvalue weighted by Gasteiger charge is 2.35. The second-order valence-corrected chi connectivity index (χ2v) is 10.2. The predicted molar refractivity (Wildman–Crippen MR) is 110 cm³/mol. The van der Waals surface area contributed by atoms with Gasteiger partial charge in [0.15, 0.2) is 14.9 Å². The number of sulfone groups is 1. The molecule has 0 amide bonds. The van der Waals surface area contributed by atoms with Crippen LogP contribution < -0.4 is 5.32 Å². The molecule has 2 aliphatic heterocycles. The van der Waals surface area contributed by atoms with Crippen LogP contribution in [0.2, 0.25) is 5.02 Å². The lowest BCUT2D eigenvalue weighted by molar-refractivity contribution is 0.0851. The van der Waals surface area contributed by atoms with Crippen molar-refractivity contribution < 1.29 is 13.2 Å². The van der Waals surface area contributed by atoms with E-state index in [1.807, 2.05) is 30.9 Å². The Morgan fingerprint density at radius 1 is 1.38 bits per heavy atom. The summed E-state index contributed by atoms with van der Waals surface area (Å²) in [4.78, 5) is 1.99. The van der Waals surface area contributed by atoms with E-state index in [4.69, 9.17) is 28.6 Å². The zero-order valence-electron chi connectivity index (χ0n) is 15.1. The fraction of sp³-hybridized carbons (Fsp3) is 0.611. The van der Waals surface area contributed by atoms with Crippen LogP contribution in [0.3, 0.4) is 0 Å². The molecule has 0 bridgehead atoms. The lowest BCUT2D eigenvalue weighted by atomic mass is 10.1. The Morgan fingerprint density at radius 3 is 2.73 bits per heavy atom. The highest BCUT2D eigenvalue weighted by atomic mass is 35.5. The van der Waals surface area contributed by atoms with Crippen LogP contribution in [0.25, 0.3) is 0 Å². The zero-order chi connectivity index (χ0) is 18.9. The first-order chi connectivity index (χ1) is 12.2. The smallest absolute Gasteiger partial charge is 0.173 e. The molecule has 0 radical (unpaired) electrons. The Balaban J connectivity index is 1.80. The first-order valence-electron chi connectivity index (χ1n) is 8.91. The molecule has 0 spiro atoms. The molecule has 2 saturated heterocycles. The van der Waals surface area contributed by atoms with Crippen molar-refractivity contribution in [1.29, 1.82) is 0 Å². The summed E-state index contributed by atoms with van der Waals surface area (Å²) in [7, 11) is -3.00. The average molecular weight is 417 g/mol. The molecule has 3 rings (SSSR count). The van der Waals surface area contributed by atoms with Gasteiger partial charge in [0, 0.05) is 19.2 Å². The molecule has 2 heterocycles. The van der Waals surface area contributed by atoms with E-state index in [2.05, 4.69) is 5.32 Å². The SMILES string of the molecule is Cc1cc(C)c(NC(=S)N(C[C@H]2CCCO2)[C@@H]2CCS(=O)(=O)C2)c(Cl)c1. The Hall–Kier alpha value is -0.890. The summed E-state index contributed by atoms with van der Waals surface area (Å²) in [6.07, 6.45) is 2.69. The van der Waals surface area contributed by atoms with Crippen LogP contribution in [-0.2, 0) is 14.6 Å². The second-order valence-electron chi connectivity index (χ2n) is 7.21. The van der Waals surface area contributed by atoms with E-state index < -0.39 is 9.84 Å². The normalized spacial score (nSPS) is 24.6. The van der Waals surface area contributed by atoms with E-state index in [-0.39, 0.29) is 23.7 Å². The Bertz CT molecular complexity index is 769. The number of halogens is 1. The maximum atomic E-state index is 12.0. The molecule has 1 N–H and O–H groups in total. The molecule has 2 fully saturated rings. The minimum absolute atomic E-state index is 0.0904. The number of aryl methyl sites for hydroxylation is 2. The summed E-state index contributed by atoms with van der Waals surface area (Å²) in [6.45, 7) is 5.33. The third-order valence-corrected chi connectivity index (χ3v) is 7.38. The molecule has 2 aliphatic rings. The lowest BCUT2D eigenvalue weighted by Crippen LogP contribution is -2.47. The van der Waals surface area contributed by atoms with Crippen LogP contribution >= 0.6 is 23.8 Å². The highest BCUT2D eigenvalue weighted by molar-refractivity contribution is 7.91. The molecular weight excluding hydrogens is 392 g/mol. The molecule has 8 heteroatoms. The number of thiocarbonyl (C=S) groups is 1. The number of ether oxygens (including phenoxy) is 1. The van der Waals surface area contributed by atoms with E-state index in [1.54, 1.807) is 0 Å². The van der Waals surface area contributed by atoms with Gasteiger partial charge in [0.25, 0.3) is 0 Å². The molecule has 0 aromatic heterocycles. The molecular formula is C18H25ClN2O3S2. The molecule has 2 atom stereocenters. The fourth-order valence-corrected chi connectivity index (χ4v) is 6.10. The Morgan fingerprint density at radius 2 is 2.15 bits per heavy atom. The van der Waals surface area contributed by atoms with E-state index in [0.29, 0.717) is 23.1 Å². The van der Waals surface area contributed by atoms with Gasteiger partial charge < -0.3 is 15.0 Å². The molecule has 0 aliphatic carbocycles. The minimum atomic E-state index is -3.00. The number of nitrogens with one attached hydrogen (secondary N) is 1. The molecule has 1 aromatic carbocycles. The summed E-state index contributed by atoms with van der Waals surface area (Å²) < 4.78 is 29.7. The quantitative estimate of drug-likeness (QED) is 0.760. The monoisotopic (exact) mass is 416 g/mol. The zero-order valence-corrected chi connectivity index (χ0v) is 17.5. The molecule has 0 unspecified atom stereocenters. The predicted octanol–water partition coefficient (Wildman–Crippen LogP) is 3.32. The van der Waals surface area contributed by atoms with Gasteiger partial charge in [-0.2, -0.15) is 0 Å². The van der Waals surface area contributed by atoms with Gasteiger partial charge in [-0.05, 0) is 62.5 Å². The van der Waals surface area contributed by atoms with Crippen molar-refractivity contribution in [3.05, 3.63) is 28.3 Å². The summed E-state index contributed by atoms with van der Waals surface area (Å²) in [6, 6.07) is 3.82. The van der Waals surface area contributed by atoms with Gasteiger partial charge in [-0.25, -0.2) is 8.42 Å². The number of rotatable bonds is 4. The molecule has 5 nitrogen and oxygen atoms in total. The van der Waals surface area contributed by atoms with Crippen LogP contribution in [-0.4, -0.2) is 55.2 Å². The van der Waals surface area contributed by atoms with E-state index in [9.17, 15) is 8.42 Å². The third kappa shape index (κ3) is 4.68. The minimum Gasteiger partial charge on any atom is -0.376 e. The maximum absolute atomic E-state index is 12.0. The van der Waals surface area contributed by atoms with Gasteiger partial charge in [0.2, 0.25) is 0 Å². The number of hydrogen-bond donors (Lipinski definition) is 1. The maximum Gasteiger partial charge on any atom is 0.173 e. The molecule has 1 aromatic rings. The van der Waals surface area contributed by atoms with Gasteiger partial charge >= 0.3 is 0 Å². The van der Waals surface area contributed by atoms with Gasteiger partial charge in [-0.15, -0.1) is 0 Å². The van der Waals surface area contributed by atoms with Gasteiger partial charge in [-0.3, -0.25) is 0 Å². The first kappa shape index (κ1) is 19.9. The van der Waals surface area contributed by atoms with Crippen molar-refractivity contribution >= 4 is 44.5 Å². The Kier molecular flexibility index (Phi) is 6.11. The van der Waals surface area contributed by atoms with Crippen molar-refractivity contribution in [3.63, 3.8) is 0 Å². The fourth-order valence-electron chi connectivity index (χ4n) is 3.68. The highest BCUT2D eigenvalue weighted by Crippen LogP contribution is 2.29. The third-order valence-electron chi connectivity index (χ3n) is 5.00. The number of nitrogens with zero attached hydrogens (tertiary/aromatic N) is 1. The number of benzene rings is 1. The summed E-state index contributed by atoms with van der Waals surface area (Å²) in [5.41, 5.74) is 2.87. The van der Waals surface area contributed by atoms with Crippen LogP contribution in [0, 0.1) is 13.8 Å². The van der Waals surface area contributed by atoms with E-state index in [0.717, 1.165) is 36.3 Å². The summed E-state index contributed by atoms with van der Waals surface area (Å²) >= 11 is 12.1. The van der Waals surface area contributed by atoms with E-state index >= 15 is 0 Å². The van der Waals surface area contributed by atoms with E-state index in [1.165, 1.54) is 0 Å². The molecule has 26 heavy (non-hydrogen) atoms. The second kappa shape index (κ2) is 8.00. The van der Waals surface area contributed by atoms with Crippen LogP contribution in [0.1, 0.15) is 30.4 Å². The summed E-state index contributed by atoms with van der Waals surface area (Å²) in [5.74, 6) is 0.356. The van der Waals surface area contributed by atoms with Crippen molar-refractivity contribution in [2.75, 3.05) is 30.0 Å². The van der Waals surface area contributed by atoms with Gasteiger partial charge in [0.1, 0.15) is 0 Å². The summed E-state index contributed by atoms with van der Waals surface area (Å²) in [5, 5.41) is 4.38. The van der Waals surface area contributed by atoms with Crippen LogP contribution in [0.5, 0.6) is 0 Å². The topological polar surface area (TPSA) is 58.6 Å².